The van der Waals surface area contributed by atoms with Crippen LogP contribution in [0, 0.1) is 19.8 Å². The molecule has 0 aliphatic rings. The van der Waals surface area contributed by atoms with Crippen molar-refractivity contribution in [1.82, 2.24) is 0 Å². The number of nitrogens with one attached hydrogen (secondary N) is 2. The van der Waals surface area contributed by atoms with E-state index >= 15 is 0 Å². The Kier molecular flexibility index (Phi) is 7.17. The number of para-hydroxylation sites is 2. The van der Waals surface area contributed by atoms with Crippen LogP contribution < -0.4 is 15.4 Å². The molecule has 1 atom stereocenters. The summed E-state index contributed by atoms with van der Waals surface area (Å²) in [5.41, 5.74) is 1.71. The number of hydrogen-bond acceptors (Lipinski definition) is 5. The van der Waals surface area contributed by atoms with Crippen molar-refractivity contribution in [3.63, 3.8) is 0 Å². The fraction of sp³-hybridized carbons (Fsp3) is 0.350. The van der Waals surface area contributed by atoms with Crippen LogP contribution in [-0.4, -0.2) is 30.0 Å². The van der Waals surface area contributed by atoms with Gasteiger partial charge in [0.05, 0.1) is 18.4 Å². The van der Waals surface area contributed by atoms with Crippen molar-refractivity contribution in [3.05, 3.63) is 40.3 Å². The number of carboxylic acid groups (broad SMARTS) is 1. The number of aryl methyl sites for hydroxylation is 1. The molecule has 150 valence electrons. The molecule has 2 amide bonds. The number of carboxylic acids is 1. The molecular formula is C20H24N2O5S. The van der Waals surface area contributed by atoms with Gasteiger partial charge in [-0.15, -0.1) is 11.3 Å². The van der Waals surface area contributed by atoms with E-state index in [2.05, 4.69) is 10.6 Å². The van der Waals surface area contributed by atoms with E-state index in [9.17, 15) is 14.4 Å². The van der Waals surface area contributed by atoms with Gasteiger partial charge in [0.2, 0.25) is 5.91 Å². The smallest absolute Gasteiger partial charge is 0.303 e. The second-order valence-electron chi connectivity index (χ2n) is 6.60. The molecule has 28 heavy (non-hydrogen) atoms. The number of carbonyl (C=O) groups excluding carboxylic acids is 2. The van der Waals surface area contributed by atoms with Gasteiger partial charge in [0.25, 0.3) is 5.91 Å². The van der Waals surface area contributed by atoms with Crippen molar-refractivity contribution in [2.24, 2.45) is 5.92 Å². The third kappa shape index (κ3) is 5.32. The molecule has 0 spiro atoms. The first-order chi connectivity index (χ1) is 13.2. The Morgan fingerprint density at radius 2 is 1.82 bits per heavy atom. The van der Waals surface area contributed by atoms with E-state index in [1.54, 1.807) is 31.2 Å². The van der Waals surface area contributed by atoms with E-state index in [1.807, 2.05) is 13.8 Å². The summed E-state index contributed by atoms with van der Waals surface area (Å²) in [5.74, 6) is -1.37. The monoisotopic (exact) mass is 404 g/mol. The average Bonchev–Trinajstić information content (AvgIpc) is 2.88. The molecule has 0 aliphatic carbocycles. The van der Waals surface area contributed by atoms with Gasteiger partial charge in [-0.25, -0.2) is 0 Å². The topological polar surface area (TPSA) is 105 Å². The molecule has 2 rings (SSSR count). The van der Waals surface area contributed by atoms with Gasteiger partial charge in [-0.3, -0.25) is 14.4 Å². The zero-order chi connectivity index (χ0) is 20.8. The average molecular weight is 404 g/mol. The summed E-state index contributed by atoms with van der Waals surface area (Å²) in [4.78, 5) is 36.9. The molecule has 1 aromatic carbocycles. The molecule has 0 saturated heterocycles. The van der Waals surface area contributed by atoms with Crippen LogP contribution in [0.1, 0.15) is 40.6 Å². The van der Waals surface area contributed by atoms with E-state index < -0.39 is 5.97 Å². The lowest BCUT2D eigenvalue weighted by atomic mass is 10.0. The Morgan fingerprint density at radius 3 is 2.46 bits per heavy atom. The number of ether oxygens (including phenoxy) is 1. The number of methoxy groups -OCH3 is 1. The van der Waals surface area contributed by atoms with E-state index in [0.29, 0.717) is 22.0 Å². The van der Waals surface area contributed by atoms with E-state index in [0.717, 1.165) is 10.4 Å². The molecule has 0 fully saturated rings. The van der Waals surface area contributed by atoms with Crippen molar-refractivity contribution in [2.75, 3.05) is 17.7 Å². The molecule has 0 aliphatic heterocycles. The minimum Gasteiger partial charge on any atom is -0.495 e. The van der Waals surface area contributed by atoms with Crippen LogP contribution in [0.5, 0.6) is 5.75 Å². The Hall–Kier alpha value is -2.87. The molecule has 8 heteroatoms. The number of carbonyl (C=O) groups is 3. The highest BCUT2D eigenvalue weighted by atomic mass is 32.1. The van der Waals surface area contributed by atoms with Crippen molar-refractivity contribution in [2.45, 2.75) is 33.6 Å². The highest BCUT2D eigenvalue weighted by Gasteiger charge is 2.23. The van der Waals surface area contributed by atoms with Crippen LogP contribution >= 0.6 is 11.3 Å². The largest absolute Gasteiger partial charge is 0.495 e. The lowest BCUT2D eigenvalue weighted by Crippen LogP contribution is -2.19. The minimum atomic E-state index is -0.944. The molecular weight excluding hydrogens is 380 g/mol. The van der Waals surface area contributed by atoms with Crippen molar-refractivity contribution in [1.29, 1.82) is 0 Å². The minimum absolute atomic E-state index is 0.0653. The highest BCUT2D eigenvalue weighted by Crippen LogP contribution is 2.34. The van der Waals surface area contributed by atoms with E-state index in [-0.39, 0.29) is 30.6 Å². The molecule has 1 heterocycles. The first kappa shape index (κ1) is 21.4. The van der Waals surface area contributed by atoms with Crippen LogP contribution in [0.15, 0.2) is 24.3 Å². The number of benzene rings is 1. The zero-order valence-corrected chi connectivity index (χ0v) is 17.1. The maximum atomic E-state index is 12.9. The third-order valence-electron chi connectivity index (χ3n) is 4.28. The van der Waals surface area contributed by atoms with Gasteiger partial charge in [-0.05, 0) is 37.5 Å². The summed E-state index contributed by atoms with van der Waals surface area (Å²) in [6.07, 6.45) is -0.0209. The summed E-state index contributed by atoms with van der Waals surface area (Å²) < 4.78 is 5.26. The van der Waals surface area contributed by atoms with Crippen molar-refractivity contribution in [3.8, 4) is 5.75 Å². The molecule has 2 aromatic rings. The normalized spacial score (nSPS) is 11.6. The van der Waals surface area contributed by atoms with E-state index in [4.69, 9.17) is 9.84 Å². The van der Waals surface area contributed by atoms with Gasteiger partial charge in [0.15, 0.2) is 0 Å². The van der Waals surface area contributed by atoms with Crippen LogP contribution in [0.4, 0.5) is 10.7 Å². The fourth-order valence-electron chi connectivity index (χ4n) is 2.79. The number of rotatable bonds is 8. The lowest BCUT2D eigenvalue weighted by molar-refractivity contribution is -0.138. The second-order valence-corrected chi connectivity index (χ2v) is 7.82. The summed E-state index contributed by atoms with van der Waals surface area (Å²) in [5, 5.41) is 14.9. The van der Waals surface area contributed by atoms with Gasteiger partial charge in [-0.2, -0.15) is 0 Å². The first-order valence-electron chi connectivity index (χ1n) is 8.78. The molecule has 0 unspecified atom stereocenters. The molecule has 1 aromatic heterocycles. The number of hydrogen-bond donors (Lipinski definition) is 3. The highest BCUT2D eigenvalue weighted by molar-refractivity contribution is 7.16. The number of amides is 2. The molecule has 0 saturated carbocycles. The van der Waals surface area contributed by atoms with Crippen molar-refractivity contribution >= 4 is 39.8 Å². The zero-order valence-electron chi connectivity index (χ0n) is 16.3. The summed E-state index contributed by atoms with van der Waals surface area (Å²) in [7, 11) is 1.52. The standard InChI is InChI=1S/C20H24N2O5S/c1-11(10-17(24)25)9-16(23)22-20-18(12(2)13(3)28-20)19(26)21-14-7-5-6-8-15(14)27-4/h5-8,11H,9-10H2,1-4H3,(H,21,26)(H,22,23)(H,24,25)/t11-/m1/s1. The number of anilines is 2. The van der Waals surface area contributed by atoms with Gasteiger partial charge in [0.1, 0.15) is 10.8 Å². The van der Waals surface area contributed by atoms with Crippen LogP contribution in [-0.2, 0) is 9.59 Å². The number of thiophene rings is 1. The van der Waals surface area contributed by atoms with Crippen molar-refractivity contribution < 1.29 is 24.2 Å². The first-order valence-corrected chi connectivity index (χ1v) is 9.60. The predicted octanol–water partition coefficient (Wildman–Crippen LogP) is 4.07. The van der Waals surface area contributed by atoms with Gasteiger partial charge >= 0.3 is 5.97 Å². The summed E-state index contributed by atoms with van der Waals surface area (Å²) >= 11 is 1.32. The third-order valence-corrected chi connectivity index (χ3v) is 5.40. The van der Waals surface area contributed by atoms with Crippen LogP contribution in [0.3, 0.4) is 0 Å². The lowest BCUT2D eigenvalue weighted by Gasteiger charge is -2.12. The molecule has 7 nitrogen and oxygen atoms in total. The summed E-state index contributed by atoms with van der Waals surface area (Å²) in [6, 6.07) is 7.07. The SMILES string of the molecule is COc1ccccc1NC(=O)c1c(NC(=O)C[C@@H](C)CC(=O)O)sc(C)c1C. The number of aliphatic carboxylic acids is 1. The van der Waals surface area contributed by atoms with E-state index in [1.165, 1.54) is 18.4 Å². The van der Waals surface area contributed by atoms with Crippen LogP contribution in [0.25, 0.3) is 0 Å². The Morgan fingerprint density at radius 1 is 1.14 bits per heavy atom. The van der Waals surface area contributed by atoms with Crippen LogP contribution in [0.2, 0.25) is 0 Å². The van der Waals surface area contributed by atoms with Gasteiger partial charge in [-0.1, -0.05) is 19.1 Å². The quantitative estimate of drug-likeness (QED) is 0.615. The fourth-order valence-corrected chi connectivity index (χ4v) is 3.86. The van der Waals surface area contributed by atoms with Gasteiger partial charge < -0.3 is 20.5 Å². The molecule has 0 radical (unpaired) electrons. The Labute approximate surface area is 167 Å². The predicted molar refractivity (Wildman–Crippen MR) is 109 cm³/mol. The Balaban J connectivity index is 2.20. The maximum Gasteiger partial charge on any atom is 0.303 e. The Bertz CT molecular complexity index is 891. The maximum absolute atomic E-state index is 12.9. The second kappa shape index (κ2) is 9.36. The molecule has 0 bridgehead atoms. The van der Waals surface area contributed by atoms with Gasteiger partial charge in [0, 0.05) is 17.7 Å². The summed E-state index contributed by atoms with van der Waals surface area (Å²) in [6.45, 7) is 5.40. The molecule has 3 N–H and O–H groups in total.